The van der Waals surface area contributed by atoms with Gasteiger partial charge in [-0.15, -0.1) is 0 Å². The Morgan fingerprint density at radius 1 is 1.42 bits per heavy atom. The Labute approximate surface area is 117 Å². The van der Waals surface area contributed by atoms with Crippen LogP contribution in [-0.4, -0.2) is 37.7 Å². The normalized spacial score (nSPS) is 18.1. The highest BCUT2D eigenvalue weighted by molar-refractivity contribution is 7.99. The summed E-state index contributed by atoms with van der Waals surface area (Å²) in [7, 11) is 1.35. The molecule has 0 aromatic heterocycles. The van der Waals surface area contributed by atoms with E-state index in [0.29, 0.717) is 5.75 Å². The van der Waals surface area contributed by atoms with Crippen LogP contribution in [0.25, 0.3) is 0 Å². The topological polar surface area (TPSA) is 47.6 Å². The average Bonchev–Trinajstić information content (AvgIpc) is 2.97. The summed E-state index contributed by atoms with van der Waals surface area (Å²) in [5, 5.41) is 3.43. The molecule has 4 nitrogen and oxygen atoms in total. The van der Waals surface area contributed by atoms with Crippen LogP contribution in [0.3, 0.4) is 0 Å². The van der Waals surface area contributed by atoms with E-state index in [1.165, 1.54) is 25.0 Å². The van der Waals surface area contributed by atoms with Gasteiger partial charge in [-0.3, -0.25) is 0 Å². The molecule has 0 amide bonds. The number of nitrogens with one attached hydrogen (secondary N) is 1. The Balaban J connectivity index is 1.75. The van der Waals surface area contributed by atoms with Crippen molar-refractivity contribution in [3.05, 3.63) is 24.3 Å². The average molecular weight is 281 g/mol. The second kappa shape index (κ2) is 7.28. The zero-order chi connectivity index (χ0) is 13.5. The van der Waals surface area contributed by atoms with Gasteiger partial charge in [0.15, 0.2) is 6.61 Å². The smallest absolute Gasteiger partial charge is 0.343 e. The first kappa shape index (κ1) is 14.1. The van der Waals surface area contributed by atoms with Gasteiger partial charge in [-0.2, -0.15) is 11.8 Å². The zero-order valence-corrected chi connectivity index (χ0v) is 11.9. The molecule has 0 bridgehead atoms. The van der Waals surface area contributed by atoms with E-state index >= 15 is 0 Å². The molecule has 1 atom stereocenters. The lowest BCUT2D eigenvalue weighted by atomic mass is 10.1. The number of rotatable bonds is 6. The second-order valence-corrected chi connectivity index (χ2v) is 5.65. The van der Waals surface area contributed by atoms with Gasteiger partial charge in [0, 0.05) is 12.2 Å². The summed E-state index contributed by atoms with van der Waals surface area (Å²) >= 11 is 2.03. The third-order valence-electron chi connectivity index (χ3n) is 3.06. The highest BCUT2D eigenvalue weighted by atomic mass is 32.2. The van der Waals surface area contributed by atoms with Crippen LogP contribution in [0.5, 0.6) is 5.75 Å². The molecule has 1 aliphatic rings. The monoisotopic (exact) mass is 281 g/mol. The van der Waals surface area contributed by atoms with Crippen molar-refractivity contribution >= 4 is 23.4 Å². The maximum absolute atomic E-state index is 10.9. The first-order valence-electron chi connectivity index (χ1n) is 6.39. The molecule has 104 valence electrons. The molecule has 1 unspecified atom stereocenters. The third-order valence-corrected chi connectivity index (χ3v) is 4.29. The molecule has 5 heteroatoms. The fourth-order valence-electron chi connectivity index (χ4n) is 1.88. The Morgan fingerprint density at radius 3 is 2.84 bits per heavy atom. The van der Waals surface area contributed by atoms with E-state index in [2.05, 4.69) is 10.1 Å². The van der Waals surface area contributed by atoms with Crippen LogP contribution in [0.15, 0.2) is 24.3 Å². The fraction of sp³-hybridized carbons (Fsp3) is 0.500. The number of methoxy groups -OCH3 is 1. The highest BCUT2D eigenvalue weighted by Crippen LogP contribution is 2.24. The molecule has 1 N–H and O–H groups in total. The van der Waals surface area contributed by atoms with Gasteiger partial charge in [-0.25, -0.2) is 4.79 Å². The highest BCUT2D eigenvalue weighted by Gasteiger charge is 2.14. The molecule has 2 rings (SSSR count). The molecule has 1 aromatic carbocycles. The van der Waals surface area contributed by atoms with Gasteiger partial charge in [0.25, 0.3) is 0 Å². The summed E-state index contributed by atoms with van der Waals surface area (Å²) in [6.45, 7) is 0.970. The summed E-state index contributed by atoms with van der Waals surface area (Å²) < 4.78 is 9.80. The van der Waals surface area contributed by atoms with Crippen LogP contribution in [0.2, 0.25) is 0 Å². The minimum absolute atomic E-state index is 0.0530. The number of hydrogen-bond acceptors (Lipinski definition) is 5. The number of carbonyl (C=O) groups excluding carboxylic acids is 1. The Hall–Kier alpha value is -1.36. The second-order valence-electron chi connectivity index (χ2n) is 4.50. The SMILES string of the molecule is COC(=O)COc1ccc(NCC2CCSC2)cc1. The van der Waals surface area contributed by atoms with Crippen molar-refractivity contribution in [3.63, 3.8) is 0 Å². The van der Waals surface area contributed by atoms with Gasteiger partial charge in [0.2, 0.25) is 0 Å². The van der Waals surface area contributed by atoms with Gasteiger partial charge in [-0.05, 0) is 48.1 Å². The van der Waals surface area contributed by atoms with Crippen molar-refractivity contribution < 1.29 is 14.3 Å². The zero-order valence-electron chi connectivity index (χ0n) is 11.1. The first-order valence-corrected chi connectivity index (χ1v) is 7.54. The fourth-order valence-corrected chi connectivity index (χ4v) is 3.16. The van der Waals surface area contributed by atoms with Crippen LogP contribution in [0.4, 0.5) is 5.69 Å². The van der Waals surface area contributed by atoms with Gasteiger partial charge >= 0.3 is 5.97 Å². The molecule has 1 heterocycles. The number of ether oxygens (including phenoxy) is 2. The predicted octanol–water partition coefficient (Wildman–Crippen LogP) is 2.40. The van der Waals surface area contributed by atoms with Crippen LogP contribution < -0.4 is 10.1 Å². The van der Waals surface area contributed by atoms with Crippen molar-refractivity contribution in [2.45, 2.75) is 6.42 Å². The molecule has 0 saturated carbocycles. The Morgan fingerprint density at radius 2 is 2.21 bits per heavy atom. The number of benzene rings is 1. The van der Waals surface area contributed by atoms with Gasteiger partial charge in [0.05, 0.1) is 7.11 Å². The van der Waals surface area contributed by atoms with E-state index in [9.17, 15) is 4.79 Å². The Bertz CT molecular complexity index is 402. The third kappa shape index (κ3) is 4.67. The van der Waals surface area contributed by atoms with E-state index in [1.807, 2.05) is 36.0 Å². The maximum Gasteiger partial charge on any atom is 0.343 e. The molecular weight excluding hydrogens is 262 g/mol. The Kier molecular flexibility index (Phi) is 5.39. The van der Waals surface area contributed by atoms with Gasteiger partial charge in [0.1, 0.15) is 5.75 Å². The molecule has 1 fully saturated rings. The quantitative estimate of drug-likeness (QED) is 0.811. The molecule has 0 aliphatic carbocycles. The predicted molar refractivity (Wildman–Crippen MR) is 77.9 cm³/mol. The lowest BCUT2D eigenvalue weighted by Crippen LogP contribution is -2.14. The van der Waals surface area contributed by atoms with Crippen molar-refractivity contribution in [3.8, 4) is 5.75 Å². The molecule has 0 spiro atoms. The maximum atomic E-state index is 10.9. The van der Waals surface area contributed by atoms with Crippen molar-refractivity contribution in [2.24, 2.45) is 5.92 Å². The van der Waals surface area contributed by atoms with E-state index in [1.54, 1.807) is 0 Å². The standard InChI is InChI=1S/C14H19NO3S/c1-17-14(16)9-18-13-4-2-12(3-5-13)15-8-11-6-7-19-10-11/h2-5,11,15H,6-10H2,1H3. The molecule has 0 radical (unpaired) electrons. The molecule has 19 heavy (non-hydrogen) atoms. The summed E-state index contributed by atoms with van der Waals surface area (Å²) in [5.41, 5.74) is 1.09. The van der Waals surface area contributed by atoms with E-state index in [-0.39, 0.29) is 12.6 Å². The summed E-state index contributed by atoms with van der Waals surface area (Å²) in [6.07, 6.45) is 1.30. The minimum Gasteiger partial charge on any atom is -0.482 e. The summed E-state index contributed by atoms with van der Waals surface area (Å²) in [5.74, 6) is 3.62. The summed E-state index contributed by atoms with van der Waals surface area (Å²) in [4.78, 5) is 10.9. The van der Waals surface area contributed by atoms with E-state index in [4.69, 9.17) is 4.74 Å². The summed E-state index contributed by atoms with van der Waals surface area (Å²) in [6, 6.07) is 7.65. The van der Waals surface area contributed by atoms with E-state index < -0.39 is 0 Å². The van der Waals surface area contributed by atoms with Crippen LogP contribution >= 0.6 is 11.8 Å². The number of hydrogen-bond donors (Lipinski definition) is 1. The van der Waals surface area contributed by atoms with Crippen molar-refractivity contribution in [2.75, 3.05) is 37.1 Å². The van der Waals surface area contributed by atoms with Crippen molar-refractivity contribution in [1.29, 1.82) is 0 Å². The van der Waals surface area contributed by atoms with Crippen LogP contribution in [0.1, 0.15) is 6.42 Å². The van der Waals surface area contributed by atoms with E-state index in [0.717, 1.165) is 18.2 Å². The first-order chi connectivity index (χ1) is 9.28. The van der Waals surface area contributed by atoms with Crippen molar-refractivity contribution in [1.82, 2.24) is 0 Å². The number of thioether (sulfide) groups is 1. The number of carbonyl (C=O) groups is 1. The lowest BCUT2D eigenvalue weighted by molar-refractivity contribution is -0.142. The largest absolute Gasteiger partial charge is 0.482 e. The lowest BCUT2D eigenvalue weighted by Gasteiger charge is -2.11. The molecule has 1 aromatic rings. The van der Waals surface area contributed by atoms with Crippen LogP contribution in [-0.2, 0) is 9.53 Å². The molecule has 1 saturated heterocycles. The van der Waals surface area contributed by atoms with Gasteiger partial charge < -0.3 is 14.8 Å². The van der Waals surface area contributed by atoms with Crippen LogP contribution in [0, 0.1) is 5.92 Å². The number of anilines is 1. The molecular formula is C14H19NO3S. The minimum atomic E-state index is -0.374. The molecule has 1 aliphatic heterocycles. The van der Waals surface area contributed by atoms with Gasteiger partial charge in [-0.1, -0.05) is 0 Å². The number of esters is 1.